The molecule has 0 bridgehead atoms. The minimum Gasteiger partial charge on any atom is -0.252 e. The van der Waals surface area contributed by atoms with Gasteiger partial charge in [-0.3, -0.25) is 4.98 Å². The van der Waals surface area contributed by atoms with E-state index in [2.05, 4.69) is 42.8 Å². The van der Waals surface area contributed by atoms with Crippen LogP contribution in [0.1, 0.15) is 25.1 Å². The van der Waals surface area contributed by atoms with Crippen LogP contribution in [0.4, 0.5) is 0 Å². The Hall–Kier alpha value is -0.600. The standard InChI is InChI=1S/C14H15BrClN/c1-8(2)4-11-7-13(16)12-6-10(15)5-9(3)14(12)17-11/h5-8H,4H2,1-3H3. The molecule has 2 aromatic rings. The molecule has 2 rings (SSSR count). The van der Waals surface area contributed by atoms with Crippen molar-refractivity contribution in [3.05, 3.63) is 39.0 Å². The minimum absolute atomic E-state index is 0.590. The van der Waals surface area contributed by atoms with E-state index in [1.807, 2.05) is 12.1 Å². The Balaban J connectivity index is 2.64. The molecule has 90 valence electrons. The summed E-state index contributed by atoms with van der Waals surface area (Å²) in [6, 6.07) is 6.08. The van der Waals surface area contributed by atoms with Crippen LogP contribution < -0.4 is 0 Å². The van der Waals surface area contributed by atoms with Crippen LogP contribution in [0.15, 0.2) is 22.7 Å². The highest BCUT2D eigenvalue weighted by Gasteiger charge is 2.08. The van der Waals surface area contributed by atoms with Crippen molar-refractivity contribution < 1.29 is 0 Å². The molecule has 0 N–H and O–H groups in total. The average Bonchev–Trinajstić information content (AvgIpc) is 2.19. The summed E-state index contributed by atoms with van der Waals surface area (Å²) in [7, 11) is 0. The van der Waals surface area contributed by atoms with Crippen molar-refractivity contribution in [2.75, 3.05) is 0 Å². The SMILES string of the molecule is Cc1cc(Br)cc2c(Cl)cc(CC(C)C)nc12. The largest absolute Gasteiger partial charge is 0.252 e. The number of rotatable bonds is 2. The summed E-state index contributed by atoms with van der Waals surface area (Å²) in [5.74, 6) is 0.590. The number of aryl methyl sites for hydroxylation is 1. The quantitative estimate of drug-likeness (QED) is 0.746. The summed E-state index contributed by atoms with van der Waals surface area (Å²) in [5.41, 5.74) is 3.24. The fourth-order valence-electron chi connectivity index (χ4n) is 1.99. The van der Waals surface area contributed by atoms with E-state index in [4.69, 9.17) is 16.6 Å². The first kappa shape index (κ1) is 12.8. The summed E-state index contributed by atoms with van der Waals surface area (Å²) in [6.07, 6.45) is 0.963. The fourth-order valence-corrected chi connectivity index (χ4v) is 2.83. The smallest absolute Gasteiger partial charge is 0.0750 e. The number of aromatic nitrogens is 1. The van der Waals surface area contributed by atoms with Crippen molar-refractivity contribution in [1.82, 2.24) is 4.98 Å². The number of benzene rings is 1. The molecule has 0 aliphatic heterocycles. The number of pyridine rings is 1. The van der Waals surface area contributed by atoms with Crippen molar-refractivity contribution in [1.29, 1.82) is 0 Å². The van der Waals surface area contributed by atoms with Gasteiger partial charge in [-0.25, -0.2) is 0 Å². The number of nitrogens with zero attached hydrogens (tertiary/aromatic N) is 1. The number of hydrogen-bond acceptors (Lipinski definition) is 1. The summed E-state index contributed by atoms with van der Waals surface area (Å²) in [4.78, 5) is 4.71. The highest BCUT2D eigenvalue weighted by Crippen LogP contribution is 2.29. The van der Waals surface area contributed by atoms with Crippen LogP contribution in [0.2, 0.25) is 5.02 Å². The Morgan fingerprint density at radius 3 is 2.65 bits per heavy atom. The summed E-state index contributed by atoms with van der Waals surface area (Å²) < 4.78 is 1.04. The highest BCUT2D eigenvalue weighted by atomic mass is 79.9. The van der Waals surface area contributed by atoms with E-state index in [-0.39, 0.29) is 0 Å². The minimum atomic E-state index is 0.590. The lowest BCUT2D eigenvalue weighted by Crippen LogP contribution is -1.98. The topological polar surface area (TPSA) is 12.9 Å². The molecule has 0 unspecified atom stereocenters. The Morgan fingerprint density at radius 1 is 1.29 bits per heavy atom. The third-order valence-corrected chi connectivity index (χ3v) is 3.46. The maximum atomic E-state index is 6.33. The van der Waals surface area contributed by atoms with Gasteiger partial charge in [0.15, 0.2) is 0 Å². The third kappa shape index (κ3) is 2.80. The number of fused-ring (bicyclic) bond motifs is 1. The van der Waals surface area contributed by atoms with Gasteiger partial charge >= 0.3 is 0 Å². The Morgan fingerprint density at radius 2 is 2.00 bits per heavy atom. The van der Waals surface area contributed by atoms with Gasteiger partial charge < -0.3 is 0 Å². The molecule has 0 spiro atoms. The van der Waals surface area contributed by atoms with Crippen LogP contribution in [0.5, 0.6) is 0 Å². The normalized spacial score (nSPS) is 11.4. The zero-order valence-electron chi connectivity index (χ0n) is 10.2. The van der Waals surface area contributed by atoms with Gasteiger partial charge in [-0.05, 0) is 43.0 Å². The first-order valence-corrected chi connectivity index (χ1v) is 6.89. The predicted octanol–water partition coefficient (Wildman–Crippen LogP) is 5.16. The van der Waals surface area contributed by atoms with Crippen molar-refractivity contribution in [2.24, 2.45) is 5.92 Å². The van der Waals surface area contributed by atoms with Crippen molar-refractivity contribution >= 4 is 38.4 Å². The van der Waals surface area contributed by atoms with Gasteiger partial charge in [0.25, 0.3) is 0 Å². The van der Waals surface area contributed by atoms with Gasteiger partial charge in [-0.15, -0.1) is 0 Å². The second-order valence-corrected chi connectivity index (χ2v) is 6.14. The van der Waals surface area contributed by atoms with Crippen LogP contribution >= 0.6 is 27.5 Å². The average molecular weight is 313 g/mol. The van der Waals surface area contributed by atoms with Crippen LogP contribution in [-0.2, 0) is 6.42 Å². The second kappa shape index (κ2) is 4.95. The van der Waals surface area contributed by atoms with Gasteiger partial charge in [-0.1, -0.05) is 41.4 Å². The molecule has 3 heteroatoms. The van der Waals surface area contributed by atoms with Gasteiger partial charge in [0.05, 0.1) is 10.5 Å². The maximum absolute atomic E-state index is 6.33. The highest BCUT2D eigenvalue weighted by molar-refractivity contribution is 9.10. The summed E-state index contributed by atoms with van der Waals surface area (Å²) in [5, 5.41) is 1.81. The van der Waals surface area contributed by atoms with E-state index in [1.165, 1.54) is 0 Å². The molecule has 0 radical (unpaired) electrons. The van der Waals surface area contributed by atoms with Crippen molar-refractivity contribution in [3.63, 3.8) is 0 Å². The molecular formula is C14H15BrClN. The monoisotopic (exact) mass is 311 g/mol. The molecule has 0 saturated carbocycles. The molecule has 0 atom stereocenters. The lowest BCUT2D eigenvalue weighted by molar-refractivity contribution is 0.637. The Labute approximate surface area is 115 Å². The Kier molecular flexibility index (Phi) is 3.74. The molecule has 1 aromatic heterocycles. The lowest BCUT2D eigenvalue weighted by atomic mass is 10.1. The van der Waals surface area contributed by atoms with E-state index in [9.17, 15) is 0 Å². The van der Waals surface area contributed by atoms with E-state index in [1.54, 1.807) is 0 Å². The molecule has 0 aliphatic rings. The zero-order valence-corrected chi connectivity index (χ0v) is 12.6. The molecule has 1 nitrogen and oxygen atoms in total. The van der Waals surface area contributed by atoms with E-state index < -0.39 is 0 Å². The molecular weight excluding hydrogens is 298 g/mol. The molecule has 17 heavy (non-hydrogen) atoms. The van der Waals surface area contributed by atoms with Crippen LogP contribution in [-0.4, -0.2) is 4.98 Å². The van der Waals surface area contributed by atoms with Crippen molar-refractivity contribution in [3.8, 4) is 0 Å². The van der Waals surface area contributed by atoms with Gasteiger partial charge in [0.1, 0.15) is 0 Å². The van der Waals surface area contributed by atoms with Gasteiger partial charge in [0.2, 0.25) is 0 Å². The van der Waals surface area contributed by atoms with E-state index in [0.29, 0.717) is 5.92 Å². The molecule has 1 aromatic carbocycles. The summed E-state index contributed by atoms with van der Waals surface area (Å²) in [6.45, 7) is 6.44. The van der Waals surface area contributed by atoms with Crippen LogP contribution in [0.3, 0.4) is 0 Å². The van der Waals surface area contributed by atoms with Gasteiger partial charge in [0, 0.05) is 15.6 Å². The molecule has 1 heterocycles. The second-order valence-electron chi connectivity index (χ2n) is 4.81. The molecule has 0 fully saturated rings. The van der Waals surface area contributed by atoms with E-state index in [0.717, 1.165) is 38.1 Å². The third-order valence-electron chi connectivity index (χ3n) is 2.69. The Bertz CT molecular complexity index is 564. The lowest BCUT2D eigenvalue weighted by Gasteiger charge is -2.09. The number of halogens is 2. The molecule has 0 aliphatic carbocycles. The van der Waals surface area contributed by atoms with Gasteiger partial charge in [-0.2, -0.15) is 0 Å². The van der Waals surface area contributed by atoms with Crippen LogP contribution in [0.25, 0.3) is 10.9 Å². The zero-order chi connectivity index (χ0) is 12.6. The maximum Gasteiger partial charge on any atom is 0.0750 e. The van der Waals surface area contributed by atoms with Crippen LogP contribution in [0, 0.1) is 12.8 Å². The van der Waals surface area contributed by atoms with Crippen molar-refractivity contribution in [2.45, 2.75) is 27.2 Å². The molecule has 0 amide bonds. The van der Waals surface area contributed by atoms with E-state index >= 15 is 0 Å². The summed E-state index contributed by atoms with van der Waals surface area (Å²) >= 11 is 9.82. The fraction of sp³-hybridized carbons (Fsp3) is 0.357. The molecule has 0 saturated heterocycles. The number of hydrogen-bond donors (Lipinski definition) is 0. The predicted molar refractivity (Wildman–Crippen MR) is 77.7 cm³/mol. The first-order chi connectivity index (χ1) is 7.97. The first-order valence-electron chi connectivity index (χ1n) is 5.72.